The van der Waals surface area contributed by atoms with Gasteiger partial charge in [0.05, 0.1) is 5.41 Å². The van der Waals surface area contributed by atoms with Crippen LogP contribution in [0.2, 0.25) is 0 Å². The first kappa shape index (κ1) is 12.2. The molecule has 0 bridgehead atoms. The van der Waals surface area contributed by atoms with Crippen LogP contribution in [-0.2, 0) is 0 Å². The summed E-state index contributed by atoms with van der Waals surface area (Å²) in [6, 6.07) is 0. The van der Waals surface area contributed by atoms with Crippen molar-refractivity contribution in [2.24, 2.45) is 17.3 Å². The van der Waals surface area contributed by atoms with Crippen molar-refractivity contribution in [3.8, 4) is 0 Å². The van der Waals surface area contributed by atoms with E-state index in [0.717, 1.165) is 6.54 Å². The smallest absolute Gasteiger partial charge is 0.315 e. The fourth-order valence-corrected chi connectivity index (χ4v) is 3.09. The molecule has 16 heavy (non-hydrogen) atoms. The molecule has 2 fully saturated rings. The van der Waals surface area contributed by atoms with Gasteiger partial charge in [0.1, 0.15) is 0 Å². The zero-order chi connectivity index (χ0) is 12.0. The molecule has 2 nitrogen and oxygen atoms in total. The summed E-state index contributed by atoms with van der Waals surface area (Å²) in [6.07, 6.45) is -4.08. The van der Waals surface area contributed by atoms with E-state index in [9.17, 15) is 13.2 Å². The summed E-state index contributed by atoms with van der Waals surface area (Å²) in [5, 5.41) is 2.90. The van der Waals surface area contributed by atoms with Crippen LogP contribution in [-0.4, -0.2) is 43.8 Å². The zero-order valence-electron chi connectivity index (χ0n) is 9.77. The minimum atomic E-state index is -4.08. The molecule has 2 heterocycles. The highest BCUT2D eigenvalue weighted by Crippen LogP contribution is 2.50. The van der Waals surface area contributed by atoms with Gasteiger partial charge in [-0.25, -0.2) is 0 Å². The number of hydrogen-bond donors (Lipinski definition) is 1. The summed E-state index contributed by atoms with van der Waals surface area (Å²) in [5.41, 5.74) is -1.48. The third-order valence-electron chi connectivity index (χ3n) is 3.78. The average molecular weight is 236 g/mol. The van der Waals surface area contributed by atoms with Gasteiger partial charge in [-0.05, 0) is 5.92 Å². The predicted molar refractivity (Wildman–Crippen MR) is 56.1 cm³/mol. The highest BCUT2D eigenvalue weighted by molar-refractivity contribution is 5.07. The molecule has 2 rings (SSSR count). The second-order valence-electron chi connectivity index (χ2n) is 5.57. The SMILES string of the molecule is CC(C)CN1CC2CNCC2(C(F)(F)F)C1. The predicted octanol–water partition coefficient (Wildman–Crippen LogP) is 1.73. The normalized spacial score (nSPS) is 36.0. The number of rotatable bonds is 2. The molecular formula is C11H19F3N2. The quantitative estimate of drug-likeness (QED) is 0.785. The van der Waals surface area contributed by atoms with E-state index in [0.29, 0.717) is 19.0 Å². The summed E-state index contributed by atoms with van der Waals surface area (Å²) >= 11 is 0. The molecule has 2 aliphatic heterocycles. The Morgan fingerprint density at radius 2 is 2.12 bits per heavy atom. The van der Waals surface area contributed by atoms with Gasteiger partial charge in [-0.2, -0.15) is 13.2 Å². The van der Waals surface area contributed by atoms with Crippen LogP contribution in [0, 0.1) is 17.3 Å². The summed E-state index contributed by atoms with van der Waals surface area (Å²) < 4.78 is 39.5. The number of nitrogens with one attached hydrogen (secondary N) is 1. The second kappa shape index (κ2) is 3.88. The van der Waals surface area contributed by atoms with Crippen molar-refractivity contribution in [2.75, 3.05) is 32.7 Å². The third kappa shape index (κ3) is 1.84. The van der Waals surface area contributed by atoms with Crippen molar-refractivity contribution >= 4 is 0 Å². The van der Waals surface area contributed by atoms with Crippen LogP contribution < -0.4 is 5.32 Å². The molecule has 2 aliphatic rings. The molecule has 1 N–H and O–H groups in total. The van der Waals surface area contributed by atoms with E-state index in [4.69, 9.17) is 0 Å². The standard InChI is InChI=1S/C11H19F3N2/c1-8(2)4-16-5-9-3-15-6-10(9,7-16)11(12,13)14/h8-9,15H,3-7H2,1-2H3. The van der Waals surface area contributed by atoms with Crippen molar-refractivity contribution in [1.82, 2.24) is 10.2 Å². The molecule has 2 unspecified atom stereocenters. The van der Waals surface area contributed by atoms with Crippen molar-refractivity contribution < 1.29 is 13.2 Å². The number of alkyl halides is 3. The molecule has 0 saturated carbocycles. The molecular weight excluding hydrogens is 217 g/mol. The van der Waals surface area contributed by atoms with Gasteiger partial charge in [0.25, 0.3) is 0 Å². The molecule has 0 aromatic carbocycles. The molecule has 5 heteroatoms. The number of hydrogen-bond acceptors (Lipinski definition) is 2. The Labute approximate surface area is 94.2 Å². The lowest BCUT2D eigenvalue weighted by Crippen LogP contribution is -2.46. The van der Waals surface area contributed by atoms with Crippen LogP contribution in [0.1, 0.15) is 13.8 Å². The van der Waals surface area contributed by atoms with E-state index >= 15 is 0 Å². The Hall–Kier alpha value is -0.290. The maximum atomic E-state index is 13.2. The molecule has 0 aromatic heterocycles. The summed E-state index contributed by atoms with van der Waals surface area (Å²) in [7, 11) is 0. The summed E-state index contributed by atoms with van der Waals surface area (Å²) in [4.78, 5) is 1.98. The van der Waals surface area contributed by atoms with Gasteiger partial charge in [0.2, 0.25) is 0 Å². The van der Waals surface area contributed by atoms with Crippen molar-refractivity contribution in [2.45, 2.75) is 20.0 Å². The maximum Gasteiger partial charge on any atom is 0.397 e. The van der Waals surface area contributed by atoms with Crippen LogP contribution in [0.4, 0.5) is 13.2 Å². The molecule has 0 aliphatic carbocycles. The summed E-state index contributed by atoms with van der Waals surface area (Å²) in [6.45, 7) is 6.23. The Morgan fingerprint density at radius 1 is 1.44 bits per heavy atom. The first-order valence-electron chi connectivity index (χ1n) is 5.85. The van der Waals surface area contributed by atoms with E-state index in [2.05, 4.69) is 5.32 Å². The lowest BCUT2D eigenvalue weighted by atomic mass is 9.80. The van der Waals surface area contributed by atoms with Gasteiger partial charge in [0, 0.05) is 38.6 Å². The highest BCUT2D eigenvalue weighted by atomic mass is 19.4. The third-order valence-corrected chi connectivity index (χ3v) is 3.78. The second-order valence-corrected chi connectivity index (χ2v) is 5.57. The Bertz CT molecular complexity index is 264. The van der Waals surface area contributed by atoms with Gasteiger partial charge in [-0.15, -0.1) is 0 Å². The van der Waals surface area contributed by atoms with Gasteiger partial charge < -0.3 is 10.2 Å². The minimum Gasteiger partial charge on any atom is -0.315 e. The molecule has 0 spiro atoms. The van der Waals surface area contributed by atoms with Crippen LogP contribution in [0.3, 0.4) is 0 Å². The fourth-order valence-electron chi connectivity index (χ4n) is 3.09. The van der Waals surface area contributed by atoms with Gasteiger partial charge in [-0.3, -0.25) is 0 Å². The Kier molecular flexibility index (Phi) is 2.95. The maximum absolute atomic E-state index is 13.2. The van der Waals surface area contributed by atoms with Crippen molar-refractivity contribution in [3.63, 3.8) is 0 Å². The van der Waals surface area contributed by atoms with Crippen LogP contribution >= 0.6 is 0 Å². The van der Waals surface area contributed by atoms with E-state index in [1.54, 1.807) is 0 Å². The first-order chi connectivity index (χ1) is 7.35. The van der Waals surface area contributed by atoms with Crippen molar-refractivity contribution in [1.29, 1.82) is 0 Å². The molecule has 0 radical (unpaired) electrons. The number of nitrogens with zero attached hydrogens (tertiary/aromatic N) is 1. The molecule has 2 atom stereocenters. The highest BCUT2D eigenvalue weighted by Gasteiger charge is 2.64. The minimum absolute atomic E-state index is 0.0930. The first-order valence-corrected chi connectivity index (χ1v) is 5.85. The van der Waals surface area contributed by atoms with Gasteiger partial charge in [0.15, 0.2) is 0 Å². The molecule has 2 saturated heterocycles. The van der Waals surface area contributed by atoms with Gasteiger partial charge in [-0.1, -0.05) is 13.8 Å². The van der Waals surface area contributed by atoms with E-state index < -0.39 is 11.6 Å². The number of fused-ring (bicyclic) bond motifs is 1. The van der Waals surface area contributed by atoms with Crippen LogP contribution in [0.25, 0.3) is 0 Å². The number of halogens is 3. The van der Waals surface area contributed by atoms with Crippen LogP contribution in [0.15, 0.2) is 0 Å². The monoisotopic (exact) mass is 236 g/mol. The Balaban J connectivity index is 2.12. The molecule has 94 valence electrons. The molecule has 0 aromatic rings. The molecule has 0 amide bonds. The van der Waals surface area contributed by atoms with Gasteiger partial charge >= 0.3 is 6.18 Å². The lowest BCUT2D eigenvalue weighted by Gasteiger charge is -2.31. The van der Waals surface area contributed by atoms with Crippen LogP contribution in [0.5, 0.6) is 0 Å². The largest absolute Gasteiger partial charge is 0.397 e. The van der Waals surface area contributed by atoms with E-state index in [1.807, 2.05) is 18.7 Å². The van der Waals surface area contributed by atoms with E-state index in [1.165, 1.54) is 0 Å². The lowest BCUT2D eigenvalue weighted by molar-refractivity contribution is -0.221. The number of likely N-dealkylation sites (tertiary alicyclic amines) is 1. The Morgan fingerprint density at radius 3 is 2.62 bits per heavy atom. The van der Waals surface area contributed by atoms with E-state index in [-0.39, 0.29) is 19.0 Å². The van der Waals surface area contributed by atoms with Crippen molar-refractivity contribution in [3.05, 3.63) is 0 Å². The zero-order valence-corrected chi connectivity index (χ0v) is 9.77. The average Bonchev–Trinajstić information content (AvgIpc) is 2.57. The topological polar surface area (TPSA) is 15.3 Å². The fraction of sp³-hybridized carbons (Fsp3) is 1.00. The summed E-state index contributed by atoms with van der Waals surface area (Å²) in [5.74, 6) is 0.170.